The Hall–Kier alpha value is -0.570. The summed E-state index contributed by atoms with van der Waals surface area (Å²) in [5, 5.41) is 4.26. The van der Waals surface area contributed by atoms with Crippen molar-refractivity contribution in [3.05, 3.63) is 0 Å². The second kappa shape index (κ2) is 4.61. The first-order valence-electron chi connectivity index (χ1n) is 5.21. The number of rotatable bonds is 4. The van der Waals surface area contributed by atoms with Crippen molar-refractivity contribution in [1.82, 2.24) is 10.3 Å². The molecule has 1 heterocycles. The lowest BCUT2D eigenvalue weighted by Crippen LogP contribution is -2.40. The van der Waals surface area contributed by atoms with Crippen LogP contribution in [0.2, 0.25) is 0 Å². The highest BCUT2D eigenvalue weighted by Gasteiger charge is 2.25. The van der Waals surface area contributed by atoms with E-state index < -0.39 is 0 Å². The minimum atomic E-state index is 0.514. The standard InChI is InChI=1S/C10H21N3/c1-5-13(6-2)7-10-8(3)9(4)11-12-10/h8,10,12H,5-7H2,1-4H3/t8-,10-/m1/s1. The molecule has 0 spiro atoms. The third kappa shape index (κ3) is 2.44. The first-order valence-corrected chi connectivity index (χ1v) is 5.21. The van der Waals surface area contributed by atoms with Crippen LogP contribution in [0.4, 0.5) is 0 Å². The van der Waals surface area contributed by atoms with E-state index in [0.717, 1.165) is 19.6 Å². The van der Waals surface area contributed by atoms with Gasteiger partial charge in [0.25, 0.3) is 0 Å². The smallest absolute Gasteiger partial charge is 0.0645 e. The van der Waals surface area contributed by atoms with Gasteiger partial charge in [0.15, 0.2) is 0 Å². The van der Waals surface area contributed by atoms with Crippen LogP contribution in [-0.2, 0) is 0 Å². The largest absolute Gasteiger partial charge is 0.305 e. The lowest BCUT2D eigenvalue weighted by atomic mass is 9.99. The van der Waals surface area contributed by atoms with Crippen molar-refractivity contribution in [3.8, 4) is 0 Å². The van der Waals surface area contributed by atoms with Gasteiger partial charge < -0.3 is 10.3 Å². The zero-order valence-corrected chi connectivity index (χ0v) is 9.17. The molecule has 0 aromatic carbocycles. The molecule has 1 N–H and O–H groups in total. The molecule has 3 nitrogen and oxygen atoms in total. The van der Waals surface area contributed by atoms with Crippen LogP contribution in [0.3, 0.4) is 0 Å². The van der Waals surface area contributed by atoms with Crippen LogP contribution in [0.1, 0.15) is 27.7 Å². The van der Waals surface area contributed by atoms with Crippen LogP contribution in [-0.4, -0.2) is 36.3 Å². The van der Waals surface area contributed by atoms with Gasteiger partial charge in [0, 0.05) is 18.2 Å². The molecular formula is C10H21N3. The maximum absolute atomic E-state index is 4.26. The van der Waals surface area contributed by atoms with E-state index in [1.165, 1.54) is 5.71 Å². The maximum atomic E-state index is 4.26. The normalized spacial score (nSPS) is 27.6. The van der Waals surface area contributed by atoms with Crippen molar-refractivity contribution in [2.75, 3.05) is 19.6 Å². The van der Waals surface area contributed by atoms with Crippen molar-refractivity contribution in [2.24, 2.45) is 11.0 Å². The maximum Gasteiger partial charge on any atom is 0.0645 e. The summed E-state index contributed by atoms with van der Waals surface area (Å²) in [5.74, 6) is 0.584. The van der Waals surface area contributed by atoms with Crippen LogP contribution in [0, 0.1) is 5.92 Å². The summed E-state index contributed by atoms with van der Waals surface area (Å²) >= 11 is 0. The van der Waals surface area contributed by atoms with E-state index in [9.17, 15) is 0 Å². The fourth-order valence-electron chi connectivity index (χ4n) is 1.65. The molecule has 76 valence electrons. The van der Waals surface area contributed by atoms with Gasteiger partial charge in [-0.2, -0.15) is 5.10 Å². The number of hydrogen-bond acceptors (Lipinski definition) is 3. The Morgan fingerprint density at radius 3 is 2.38 bits per heavy atom. The molecule has 0 amide bonds. The predicted octanol–water partition coefficient (Wildman–Crippen LogP) is 1.31. The van der Waals surface area contributed by atoms with Gasteiger partial charge in [-0.3, -0.25) is 0 Å². The molecule has 1 aliphatic rings. The molecule has 1 aliphatic heterocycles. The number of hydrogen-bond donors (Lipinski definition) is 1. The first kappa shape index (κ1) is 10.5. The number of nitrogens with zero attached hydrogens (tertiary/aromatic N) is 2. The Balaban J connectivity index is 2.39. The van der Waals surface area contributed by atoms with Crippen molar-refractivity contribution < 1.29 is 0 Å². The number of likely N-dealkylation sites (N-methyl/N-ethyl adjacent to an activating group) is 1. The lowest BCUT2D eigenvalue weighted by molar-refractivity contribution is 0.257. The van der Waals surface area contributed by atoms with E-state index in [-0.39, 0.29) is 0 Å². The highest BCUT2D eigenvalue weighted by atomic mass is 15.4. The van der Waals surface area contributed by atoms with Crippen molar-refractivity contribution >= 4 is 5.71 Å². The van der Waals surface area contributed by atoms with E-state index in [0.29, 0.717) is 12.0 Å². The second-order valence-corrected chi connectivity index (χ2v) is 3.76. The van der Waals surface area contributed by atoms with Crippen molar-refractivity contribution in [3.63, 3.8) is 0 Å². The van der Waals surface area contributed by atoms with E-state index >= 15 is 0 Å². The minimum absolute atomic E-state index is 0.514. The topological polar surface area (TPSA) is 27.6 Å². The van der Waals surface area contributed by atoms with Crippen LogP contribution in [0.5, 0.6) is 0 Å². The van der Waals surface area contributed by atoms with Crippen molar-refractivity contribution in [2.45, 2.75) is 33.7 Å². The Morgan fingerprint density at radius 2 is 2.00 bits per heavy atom. The molecule has 0 fully saturated rings. The third-order valence-corrected chi connectivity index (χ3v) is 3.02. The van der Waals surface area contributed by atoms with Gasteiger partial charge in [0.1, 0.15) is 0 Å². The summed E-state index contributed by atoms with van der Waals surface area (Å²) in [4.78, 5) is 2.43. The van der Waals surface area contributed by atoms with Crippen LogP contribution in [0.25, 0.3) is 0 Å². The summed E-state index contributed by atoms with van der Waals surface area (Å²) in [5.41, 5.74) is 4.44. The van der Waals surface area contributed by atoms with Gasteiger partial charge in [-0.05, 0) is 20.0 Å². The zero-order chi connectivity index (χ0) is 9.84. The molecule has 0 bridgehead atoms. The SMILES string of the molecule is CCN(CC)C[C@H]1NN=C(C)[C@H]1C. The van der Waals surface area contributed by atoms with E-state index in [2.05, 4.69) is 43.1 Å². The average molecular weight is 183 g/mol. The summed E-state index contributed by atoms with van der Waals surface area (Å²) in [6.07, 6.45) is 0. The van der Waals surface area contributed by atoms with Gasteiger partial charge >= 0.3 is 0 Å². The average Bonchev–Trinajstić information content (AvgIpc) is 2.45. The fourth-order valence-corrected chi connectivity index (χ4v) is 1.65. The molecular weight excluding hydrogens is 162 g/mol. The fraction of sp³-hybridized carbons (Fsp3) is 0.900. The molecule has 0 aromatic rings. The molecule has 2 atom stereocenters. The summed E-state index contributed by atoms with van der Waals surface area (Å²) in [7, 11) is 0. The molecule has 0 unspecified atom stereocenters. The molecule has 0 saturated heterocycles. The van der Waals surface area contributed by atoms with Gasteiger partial charge in [-0.1, -0.05) is 20.8 Å². The molecule has 1 rings (SSSR count). The third-order valence-electron chi connectivity index (χ3n) is 3.02. The molecule has 0 aliphatic carbocycles. The minimum Gasteiger partial charge on any atom is -0.305 e. The monoisotopic (exact) mass is 183 g/mol. The van der Waals surface area contributed by atoms with E-state index in [1.54, 1.807) is 0 Å². The van der Waals surface area contributed by atoms with Gasteiger partial charge in [-0.25, -0.2) is 0 Å². The lowest BCUT2D eigenvalue weighted by Gasteiger charge is -2.24. The molecule has 0 saturated carbocycles. The number of hydrazone groups is 1. The van der Waals surface area contributed by atoms with E-state index in [1.807, 2.05) is 0 Å². The Bertz CT molecular complexity index is 185. The quantitative estimate of drug-likeness (QED) is 0.711. The zero-order valence-electron chi connectivity index (χ0n) is 9.17. The Labute approximate surface area is 81.2 Å². The molecule has 13 heavy (non-hydrogen) atoms. The van der Waals surface area contributed by atoms with Crippen LogP contribution >= 0.6 is 0 Å². The van der Waals surface area contributed by atoms with Crippen molar-refractivity contribution in [1.29, 1.82) is 0 Å². The van der Waals surface area contributed by atoms with E-state index in [4.69, 9.17) is 0 Å². The summed E-state index contributed by atoms with van der Waals surface area (Å²) in [6, 6.07) is 0.514. The highest BCUT2D eigenvalue weighted by molar-refractivity contribution is 5.85. The van der Waals surface area contributed by atoms with Gasteiger partial charge in [-0.15, -0.1) is 0 Å². The first-order chi connectivity index (χ1) is 6.19. The van der Waals surface area contributed by atoms with Gasteiger partial charge in [0.2, 0.25) is 0 Å². The highest BCUT2D eigenvalue weighted by Crippen LogP contribution is 2.13. The van der Waals surface area contributed by atoms with Gasteiger partial charge in [0.05, 0.1) is 6.04 Å². The summed E-state index contributed by atoms with van der Waals surface area (Å²) in [6.45, 7) is 12.1. The Morgan fingerprint density at radius 1 is 1.38 bits per heavy atom. The van der Waals surface area contributed by atoms with Crippen LogP contribution < -0.4 is 5.43 Å². The molecule has 3 heteroatoms. The second-order valence-electron chi connectivity index (χ2n) is 3.76. The molecule has 0 aromatic heterocycles. The predicted molar refractivity (Wildman–Crippen MR) is 57.0 cm³/mol. The van der Waals surface area contributed by atoms with Crippen LogP contribution in [0.15, 0.2) is 5.10 Å². The Kier molecular flexibility index (Phi) is 3.72. The molecule has 0 radical (unpaired) electrons. The summed E-state index contributed by atoms with van der Waals surface area (Å²) < 4.78 is 0. The number of nitrogens with one attached hydrogen (secondary N) is 1.